The van der Waals surface area contributed by atoms with Crippen molar-refractivity contribution in [2.45, 2.75) is 6.42 Å². The molecule has 0 spiro atoms. The third kappa shape index (κ3) is 1.58. The number of hydrogen-bond donors (Lipinski definition) is 0. The van der Waals surface area contributed by atoms with Gasteiger partial charge in [0.15, 0.2) is 4.96 Å². The van der Waals surface area contributed by atoms with E-state index in [-0.39, 0.29) is 5.97 Å². The van der Waals surface area contributed by atoms with Gasteiger partial charge in [0, 0.05) is 22.7 Å². The lowest BCUT2D eigenvalue weighted by molar-refractivity contribution is 0.0606. The second-order valence-electron chi connectivity index (χ2n) is 4.62. The van der Waals surface area contributed by atoms with E-state index in [1.807, 2.05) is 16.7 Å². The van der Waals surface area contributed by atoms with Crippen molar-refractivity contribution in [1.29, 1.82) is 0 Å². The van der Waals surface area contributed by atoms with Crippen LogP contribution in [0.4, 0.5) is 0 Å². The van der Waals surface area contributed by atoms with Gasteiger partial charge in [0.05, 0.1) is 18.5 Å². The van der Waals surface area contributed by atoms with Crippen LogP contribution >= 0.6 is 27.3 Å². The van der Waals surface area contributed by atoms with E-state index in [4.69, 9.17) is 4.74 Å². The number of rotatable bonds is 1. The van der Waals surface area contributed by atoms with E-state index in [1.165, 1.54) is 29.6 Å². The molecule has 0 radical (unpaired) electrons. The summed E-state index contributed by atoms with van der Waals surface area (Å²) in [5.41, 5.74) is 4.60. The van der Waals surface area contributed by atoms with Gasteiger partial charge in [-0.2, -0.15) is 0 Å². The Labute approximate surface area is 127 Å². The van der Waals surface area contributed by atoms with E-state index in [0.717, 1.165) is 27.2 Å². The molecule has 1 aromatic carbocycles. The number of fused-ring (bicyclic) bond motifs is 5. The van der Waals surface area contributed by atoms with E-state index in [9.17, 15) is 4.79 Å². The summed E-state index contributed by atoms with van der Waals surface area (Å²) in [6, 6.07) is 6.24. The summed E-state index contributed by atoms with van der Waals surface area (Å²) in [7, 11) is 1.39. The molecule has 0 amide bonds. The lowest BCUT2D eigenvalue weighted by Crippen LogP contribution is -1.98. The van der Waals surface area contributed by atoms with E-state index >= 15 is 0 Å². The Balaban J connectivity index is 1.89. The Morgan fingerprint density at radius 1 is 1.50 bits per heavy atom. The first-order chi connectivity index (χ1) is 9.67. The van der Waals surface area contributed by atoms with Crippen LogP contribution in [0.3, 0.4) is 0 Å². The average molecular weight is 349 g/mol. The van der Waals surface area contributed by atoms with Crippen molar-refractivity contribution in [3.05, 3.63) is 45.0 Å². The standard InChI is InChI=1S/C14H9BrN2O2S/c1-19-13(18)11-6-17-10-5-7-4-8(15)2-3-9(7)12(10)16-14(17)20-11/h2-4,6H,5H2,1H3. The minimum atomic E-state index is -0.312. The molecule has 0 fully saturated rings. The third-order valence-corrected chi connectivity index (χ3v) is 4.95. The highest BCUT2D eigenvalue weighted by Crippen LogP contribution is 2.39. The molecule has 4 nitrogen and oxygen atoms in total. The van der Waals surface area contributed by atoms with Crippen LogP contribution in [0.5, 0.6) is 0 Å². The van der Waals surface area contributed by atoms with Crippen LogP contribution < -0.4 is 0 Å². The van der Waals surface area contributed by atoms with E-state index < -0.39 is 0 Å². The molecule has 20 heavy (non-hydrogen) atoms. The first-order valence-corrected chi connectivity index (χ1v) is 7.66. The number of esters is 1. The lowest BCUT2D eigenvalue weighted by atomic mass is 10.1. The number of ether oxygens (including phenoxy) is 1. The molecule has 2 aromatic heterocycles. The summed E-state index contributed by atoms with van der Waals surface area (Å²) in [6.07, 6.45) is 2.65. The molecule has 0 saturated heterocycles. The molecule has 4 rings (SSSR count). The number of aromatic nitrogens is 2. The van der Waals surface area contributed by atoms with Gasteiger partial charge in [0.25, 0.3) is 0 Å². The Bertz CT molecular complexity index is 866. The molecule has 0 unspecified atom stereocenters. The predicted molar refractivity (Wildman–Crippen MR) is 80.4 cm³/mol. The predicted octanol–water partition coefficient (Wildman–Crippen LogP) is 3.52. The number of halogens is 1. The number of imidazole rings is 1. The van der Waals surface area contributed by atoms with Crippen molar-refractivity contribution in [2.75, 3.05) is 7.11 Å². The first kappa shape index (κ1) is 12.1. The number of methoxy groups -OCH3 is 1. The van der Waals surface area contributed by atoms with Crippen molar-refractivity contribution in [1.82, 2.24) is 9.38 Å². The van der Waals surface area contributed by atoms with Gasteiger partial charge in [-0.1, -0.05) is 33.3 Å². The summed E-state index contributed by atoms with van der Waals surface area (Å²) in [6.45, 7) is 0. The Morgan fingerprint density at radius 2 is 2.35 bits per heavy atom. The maximum Gasteiger partial charge on any atom is 0.349 e. The summed E-state index contributed by atoms with van der Waals surface area (Å²) < 4.78 is 7.83. The maximum atomic E-state index is 11.6. The molecule has 6 heteroatoms. The van der Waals surface area contributed by atoms with Crippen LogP contribution in [-0.2, 0) is 11.2 Å². The molecule has 1 aliphatic carbocycles. The number of benzene rings is 1. The zero-order valence-electron chi connectivity index (χ0n) is 10.5. The zero-order chi connectivity index (χ0) is 13.9. The molecule has 0 atom stereocenters. The summed E-state index contributed by atoms with van der Waals surface area (Å²) in [5, 5.41) is 0. The first-order valence-electron chi connectivity index (χ1n) is 6.05. The van der Waals surface area contributed by atoms with Crippen LogP contribution in [0.15, 0.2) is 28.9 Å². The number of thiazole rings is 1. The number of nitrogens with zero attached hydrogens (tertiary/aromatic N) is 2. The second kappa shape index (κ2) is 4.17. The van der Waals surface area contributed by atoms with Crippen molar-refractivity contribution in [3.63, 3.8) is 0 Å². The van der Waals surface area contributed by atoms with Gasteiger partial charge in [-0.15, -0.1) is 0 Å². The van der Waals surface area contributed by atoms with Crippen LogP contribution in [0.1, 0.15) is 20.9 Å². The molecule has 3 aromatic rings. The molecule has 0 N–H and O–H groups in total. The minimum Gasteiger partial charge on any atom is -0.465 e. The molecular formula is C14H9BrN2O2S. The Kier molecular flexibility index (Phi) is 2.52. The molecule has 0 bridgehead atoms. The Morgan fingerprint density at radius 3 is 3.15 bits per heavy atom. The summed E-state index contributed by atoms with van der Waals surface area (Å²) in [5.74, 6) is -0.312. The lowest BCUT2D eigenvalue weighted by Gasteiger charge is -1.98. The van der Waals surface area contributed by atoms with Gasteiger partial charge in [0.2, 0.25) is 0 Å². The average Bonchev–Trinajstić information content (AvgIpc) is 3.06. The quantitative estimate of drug-likeness (QED) is 0.494. The molecule has 2 heterocycles. The highest BCUT2D eigenvalue weighted by atomic mass is 79.9. The third-order valence-electron chi connectivity index (χ3n) is 3.49. The molecule has 0 aliphatic heterocycles. The SMILES string of the molecule is COC(=O)c1cn2c3c(nc2s1)-c1ccc(Br)cc1C3. The van der Waals surface area contributed by atoms with Crippen molar-refractivity contribution in [2.24, 2.45) is 0 Å². The fourth-order valence-corrected chi connectivity index (χ4v) is 3.92. The van der Waals surface area contributed by atoms with Crippen molar-refractivity contribution in [3.8, 4) is 11.3 Å². The number of carbonyl (C=O) groups excluding carboxylic acids is 1. The highest BCUT2D eigenvalue weighted by molar-refractivity contribution is 9.10. The van der Waals surface area contributed by atoms with Gasteiger partial charge in [-0.25, -0.2) is 9.78 Å². The van der Waals surface area contributed by atoms with Crippen LogP contribution in [0, 0.1) is 0 Å². The summed E-state index contributed by atoms with van der Waals surface area (Å²) in [4.78, 5) is 17.7. The molecule has 100 valence electrons. The van der Waals surface area contributed by atoms with Crippen molar-refractivity contribution < 1.29 is 9.53 Å². The maximum absolute atomic E-state index is 11.6. The highest BCUT2D eigenvalue weighted by Gasteiger charge is 2.26. The van der Waals surface area contributed by atoms with Crippen LogP contribution in [0.25, 0.3) is 16.2 Å². The minimum absolute atomic E-state index is 0.312. The van der Waals surface area contributed by atoms with Gasteiger partial charge in [-0.3, -0.25) is 4.40 Å². The normalized spacial score (nSPS) is 12.5. The van der Waals surface area contributed by atoms with Crippen molar-refractivity contribution >= 4 is 38.2 Å². The van der Waals surface area contributed by atoms with E-state index in [1.54, 1.807) is 0 Å². The summed E-state index contributed by atoms with van der Waals surface area (Å²) >= 11 is 4.85. The fourth-order valence-electron chi connectivity index (χ4n) is 2.59. The smallest absolute Gasteiger partial charge is 0.349 e. The monoisotopic (exact) mass is 348 g/mol. The van der Waals surface area contributed by atoms with Crippen LogP contribution in [-0.4, -0.2) is 22.5 Å². The largest absolute Gasteiger partial charge is 0.465 e. The van der Waals surface area contributed by atoms with E-state index in [2.05, 4.69) is 33.0 Å². The van der Waals surface area contributed by atoms with Gasteiger partial charge in [-0.05, 0) is 17.7 Å². The molecular weight excluding hydrogens is 340 g/mol. The zero-order valence-corrected chi connectivity index (χ0v) is 12.9. The Hall–Kier alpha value is -1.66. The van der Waals surface area contributed by atoms with Gasteiger partial charge in [0.1, 0.15) is 4.88 Å². The molecule has 0 saturated carbocycles. The van der Waals surface area contributed by atoms with Crippen LogP contribution in [0.2, 0.25) is 0 Å². The fraction of sp³-hybridized carbons (Fsp3) is 0.143. The topological polar surface area (TPSA) is 43.6 Å². The second-order valence-corrected chi connectivity index (χ2v) is 6.55. The number of carbonyl (C=O) groups is 1. The molecule has 1 aliphatic rings. The number of hydrogen-bond acceptors (Lipinski definition) is 4. The van der Waals surface area contributed by atoms with E-state index in [0.29, 0.717) is 4.88 Å². The van der Waals surface area contributed by atoms with Gasteiger partial charge >= 0.3 is 5.97 Å². The van der Waals surface area contributed by atoms with Gasteiger partial charge < -0.3 is 4.74 Å².